The number of imide groups is 1. The zero-order valence-corrected chi connectivity index (χ0v) is 16.9. The first-order valence-electron chi connectivity index (χ1n) is 9.62. The van der Waals surface area contributed by atoms with Crippen LogP contribution in [0, 0.1) is 6.92 Å². The molecule has 2 amide bonds. The Labute approximate surface area is 170 Å². The minimum Gasteiger partial charge on any atom is -0.489 e. The van der Waals surface area contributed by atoms with Crippen LogP contribution >= 0.6 is 0 Å². The van der Waals surface area contributed by atoms with Gasteiger partial charge in [0.15, 0.2) is 5.96 Å². The van der Waals surface area contributed by atoms with Crippen molar-refractivity contribution in [3.63, 3.8) is 0 Å². The highest BCUT2D eigenvalue weighted by atomic mass is 16.5. The summed E-state index contributed by atoms with van der Waals surface area (Å²) in [6, 6.07) is 14.8. The highest BCUT2D eigenvalue weighted by Crippen LogP contribution is 2.21. The number of rotatable bonds is 7. The molecule has 0 aliphatic carbocycles. The summed E-state index contributed by atoms with van der Waals surface area (Å²) >= 11 is 0. The quantitative estimate of drug-likeness (QED) is 0.427. The first kappa shape index (κ1) is 20.4. The number of hydrogen-bond donors (Lipinski definition) is 2. The number of ether oxygens (including phenoxy) is 1. The highest BCUT2D eigenvalue weighted by molar-refractivity contribution is 6.21. The standard InChI is InChI=1S/C22H26N4O3/c1-15-7-6-8-17(13-15)29-16(2)14-25-22(23-3)24-11-12-26-20(27)18-9-4-5-10-19(18)21(26)28/h4-10,13,16H,11-12,14H2,1-3H3,(H2,23,24,25). The Morgan fingerprint density at radius 3 is 2.38 bits per heavy atom. The van der Waals surface area contributed by atoms with Crippen molar-refractivity contribution < 1.29 is 14.3 Å². The molecule has 2 N–H and O–H groups in total. The summed E-state index contributed by atoms with van der Waals surface area (Å²) in [7, 11) is 1.67. The number of fused-ring (bicyclic) bond motifs is 1. The van der Waals surface area contributed by atoms with E-state index < -0.39 is 0 Å². The van der Waals surface area contributed by atoms with E-state index >= 15 is 0 Å². The average molecular weight is 394 g/mol. The molecule has 0 spiro atoms. The third kappa shape index (κ3) is 4.93. The van der Waals surface area contributed by atoms with E-state index in [1.54, 1.807) is 31.3 Å². The summed E-state index contributed by atoms with van der Waals surface area (Å²) in [5.74, 6) is 0.903. The molecule has 2 aromatic carbocycles. The number of aliphatic imine (C=N–C) groups is 1. The number of nitrogens with one attached hydrogen (secondary N) is 2. The SMILES string of the molecule is CN=C(NCCN1C(=O)c2ccccc2C1=O)NCC(C)Oc1cccc(C)c1. The third-order valence-corrected chi connectivity index (χ3v) is 4.61. The van der Waals surface area contributed by atoms with Crippen LogP contribution in [0.4, 0.5) is 0 Å². The van der Waals surface area contributed by atoms with Gasteiger partial charge in [-0.3, -0.25) is 19.5 Å². The fourth-order valence-electron chi connectivity index (χ4n) is 3.15. The molecule has 0 fully saturated rings. The summed E-state index contributed by atoms with van der Waals surface area (Å²) in [6.07, 6.45) is -0.0633. The number of amides is 2. The maximum absolute atomic E-state index is 12.4. The summed E-state index contributed by atoms with van der Waals surface area (Å²) < 4.78 is 5.90. The van der Waals surface area contributed by atoms with Gasteiger partial charge < -0.3 is 15.4 Å². The Kier molecular flexibility index (Phi) is 6.49. The lowest BCUT2D eigenvalue weighted by Gasteiger charge is -2.19. The lowest BCUT2D eigenvalue weighted by molar-refractivity contribution is 0.0657. The number of carbonyl (C=O) groups is 2. The van der Waals surface area contributed by atoms with Crippen LogP contribution in [0.1, 0.15) is 33.2 Å². The smallest absolute Gasteiger partial charge is 0.261 e. The summed E-state index contributed by atoms with van der Waals surface area (Å²) in [5.41, 5.74) is 2.07. The molecule has 1 heterocycles. The first-order valence-corrected chi connectivity index (χ1v) is 9.62. The molecule has 29 heavy (non-hydrogen) atoms. The Morgan fingerprint density at radius 2 is 1.76 bits per heavy atom. The van der Waals surface area contributed by atoms with Crippen LogP contribution in [0.15, 0.2) is 53.5 Å². The second-order valence-corrected chi connectivity index (χ2v) is 6.93. The van der Waals surface area contributed by atoms with E-state index in [4.69, 9.17) is 4.74 Å². The van der Waals surface area contributed by atoms with Gasteiger partial charge in [-0.25, -0.2) is 0 Å². The van der Waals surface area contributed by atoms with Gasteiger partial charge in [-0.1, -0.05) is 24.3 Å². The van der Waals surface area contributed by atoms with Gasteiger partial charge in [-0.2, -0.15) is 0 Å². The molecule has 1 atom stereocenters. The third-order valence-electron chi connectivity index (χ3n) is 4.61. The minimum atomic E-state index is -0.254. The molecule has 1 aliphatic heterocycles. The molecule has 3 rings (SSSR count). The lowest BCUT2D eigenvalue weighted by atomic mass is 10.1. The van der Waals surface area contributed by atoms with Crippen LogP contribution in [0.3, 0.4) is 0 Å². The average Bonchev–Trinajstić information content (AvgIpc) is 2.95. The van der Waals surface area contributed by atoms with Crippen LogP contribution in [0.2, 0.25) is 0 Å². The second kappa shape index (κ2) is 9.23. The molecule has 0 aromatic heterocycles. The largest absolute Gasteiger partial charge is 0.489 e. The van der Waals surface area contributed by atoms with Crippen LogP contribution in [0.5, 0.6) is 5.75 Å². The Balaban J connectivity index is 1.44. The summed E-state index contributed by atoms with van der Waals surface area (Å²) in [4.78, 5) is 30.2. The monoisotopic (exact) mass is 394 g/mol. The number of guanidine groups is 1. The number of aryl methyl sites for hydroxylation is 1. The van der Waals surface area contributed by atoms with E-state index in [0.717, 1.165) is 11.3 Å². The van der Waals surface area contributed by atoms with Gasteiger partial charge in [0.2, 0.25) is 0 Å². The number of hydrogen-bond acceptors (Lipinski definition) is 4. The summed E-state index contributed by atoms with van der Waals surface area (Å²) in [6.45, 7) is 5.22. The van der Waals surface area contributed by atoms with Crippen LogP contribution in [-0.2, 0) is 0 Å². The van der Waals surface area contributed by atoms with Crippen molar-refractivity contribution >= 4 is 17.8 Å². The van der Waals surface area contributed by atoms with Gasteiger partial charge in [-0.05, 0) is 43.7 Å². The molecule has 0 bridgehead atoms. The summed E-state index contributed by atoms with van der Waals surface area (Å²) in [5, 5.41) is 6.32. The van der Waals surface area contributed by atoms with Crippen molar-refractivity contribution in [3.05, 3.63) is 65.2 Å². The fraction of sp³-hybridized carbons (Fsp3) is 0.318. The maximum atomic E-state index is 12.4. The highest BCUT2D eigenvalue weighted by Gasteiger charge is 2.34. The van der Waals surface area contributed by atoms with Crippen LogP contribution in [0.25, 0.3) is 0 Å². The lowest BCUT2D eigenvalue weighted by Crippen LogP contribution is -2.45. The minimum absolute atomic E-state index is 0.0633. The van der Waals surface area contributed by atoms with E-state index in [-0.39, 0.29) is 24.5 Å². The van der Waals surface area contributed by atoms with Crippen molar-refractivity contribution in [2.75, 3.05) is 26.7 Å². The molecule has 7 nitrogen and oxygen atoms in total. The Morgan fingerprint density at radius 1 is 1.07 bits per heavy atom. The molecular formula is C22H26N4O3. The van der Waals surface area contributed by atoms with Gasteiger partial charge in [0.1, 0.15) is 11.9 Å². The van der Waals surface area contributed by atoms with E-state index in [2.05, 4.69) is 15.6 Å². The predicted molar refractivity (Wildman–Crippen MR) is 112 cm³/mol. The van der Waals surface area contributed by atoms with Gasteiger partial charge >= 0.3 is 0 Å². The predicted octanol–water partition coefficient (Wildman–Crippen LogP) is 2.22. The van der Waals surface area contributed by atoms with E-state index in [1.807, 2.05) is 38.1 Å². The van der Waals surface area contributed by atoms with Crippen molar-refractivity contribution in [1.29, 1.82) is 0 Å². The van der Waals surface area contributed by atoms with E-state index in [0.29, 0.717) is 30.2 Å². The second-order valence-electron chi connectivity index (χ2n) is 6.93. The van der Waals surface area contributed by atoms with Crippen molar-refractivity contribution in [2.24, 2.45) is 4.99 Å². The number of carbonyl (C=O) groups excluding carboxylic acids is 2. The molecule has 0 radical (unpaired) electrons. The molecule has 0 saturated carbocycles. The molecule has 0 saturated heterocycles. The van der Waals surface area contributed by atoms with Gasteiger partial charge in [-0.15, -0.1) is 0 Å². The zero-order valence-electron chi connectivity index (χ0n) is 16.9. The normalized spacial score (nSPS) is 14.6. The van der Waals surface area contributed by atoms with Gasteiger partial charge in [0.05, 0.1) is 17.7 Å². The van der Waals surface area contributed by atoms with Crippen LogP contribution in [-0.4, -0.2) is 55.5 Å². The molecule has 2 aromatic rings. The van der Waals surface area contributed by atoms with Crippen molar-refractivity contribution in [3.8, 4) is 5.75 Å². The zero-order chi connectivity index (χ0) is 20.8. The Hall–Kier alpha value is -3.35. The molecular weight excluding hydrogens is 368 g/mol. The molecule has 1 unspecified atom stereocenters. The van der Waals surface area contributed by atoms with Crippen molar-refractivity contribution in [2.45, 2.75) is 20.0 Å². The topological polar surface area (TPSA) is 83.0 Å². The molecule has 1 aliphatic rings. The fourth-order valence-corrected chi connectivity index (χ4v) is 3.15. The van der Waals surface area contributed by atoms with Gasteiger partial charge in [0.25, 0.3) is 11.8 Å². The van der Waals surface area contributed by atoms with Gasteiger partial charge in [0, 0.05) is 20.1 Å². The molecule has 7 heteroatoms. The number of benzene rings is 2. The first-order chi connectivity index (χ1) is 14.0. The molecule has 152 valence electrons. The van der Waals surface area contributed by atoms with Crippen molar-refractivity contribution in [1.82, 2.24) is 15.5 Å². The number of nitrogens with zero attached hydrogens (tertiary/aromatic N) is 2. The van der Waals surface area contributed by atoms with Crippen LogP contribution < -0.4 is 15.4 Å². The maximum Gasteiger partial charge on any atom is 0.261 e. The van der Waals surface area contributed by atoms with E-state index in [1.165, 1.54) is 4.90 Å². The Bertz CT molecular complexity index is 891. The van der Waals surface area contributed by atoms with E-state index in [9.17, 15) is 9.59 Å².